The van der Waals surface area contributed by atoms with Crippen LogP contribution in [0.2, 0.25) is 0 Å². The summed E-state index contributed by atoms with van der Waals surface area (Å²) < 4.78 is 27.3. The topological polar surface area (TPSA) is 164 Å². The summed E-state index contributed by atoms with van der Waals surface area (Å²) in [7, 11) is 1.24. The van der Waals surface area contributed by atoms with E-state index in [1.54, 1.807) is 13.0 Å². The molecule has 0 unspecified atom stereocenters. The molecule has 0 saturated carbocycles. The minimum atomic E-state index is -1.62. The van der Waals surface area contributed by atoms with E-state index in [4.69, 9.17) is 23.7 Å². The average molecular weight is 432 g/mol. The Hall–Kier alpha value is -1.57. The maximum atomic E-state index is 12.3. The van der Waals surface area contributed by atoms with Gasteiger partial charge in [0, 0.05) is 12.5 Å². The van der Waals surface area contributed by atoms with E-state index in [1.165, 1.54) is 13.4 Å². The molecule has 1 saturated heterocycles. The first kappa shape index (κ1) is 23.1. The molecular formula is C19H28O11. The molecular weight excluding hydrogens is 404 g/mol. The standard InChI is InChI=1S/C19H28O11/c1-3-27-10-4-8(5-20)12-13(10)9(17(25)26-2)7-28-18(12)30-19-16(24)15(23)14(22)11(6-21)29-19/h4,7,10-16,18-24H,3,5-6H2,1-2H3/t10-,11+,12+,13-,14+,15-,16+,18-,19-/m1/s1. The highest BCUT2D eigenvalue weighted by atomic mass is 16.8. The Morgan fingerprint density at radius 1 is 1.10 bits per heavy atom. The molecule has 5 N–H and O–H groups in total. The number of methoxy groups -OCH3 is 1. The van der Waals surface area contributed by atoms with E-state index >= 15 is 0 Å². The van der Waals surface area contributed by atoms with E-state index in [0.29, 0.717) is 12.2 Å². The van der Waals surface area contributed by atoms with Gasteiger partial charge in [0.2, 0.25) is 6.29 Å². The van der Waals surface area contributed by atoms with Crippen LogP contribution in [-0.4, -0.2) is 102 Å². The number of hydrogen-bond acceptors (Lipinski definition) is 11. The molecule has 11 nitrogen and oxygen atoms in total. The first-order chi connectivity index (χ1) is 14.4. The Balaban J connectivity index is 1.87. The largest absolute Gasteiger partial charge is 0.471 e. The molecule has 0 aromatic rings. The zero-order valence-corrected chi connectivity index (χ0v) is 16.7. The lowest BCUT2D eigenvalue weighted by atomic mass is 9.82. The minimum absolute atomic E-state index is 0.203. The first-order valence-electron chi connectivity index (χ1n) is 9.70. The fourth-order valence-electron chi connectivity index (χ4n) is 4.11. The summed E-state index contributed by atoms with van der Waals surface area (Å²) in [5.74, 6) is -1.87. The van der Waals surface area contributed by atoms with Gasteiger partial charge in [0.05, 0.1) is 44.2 Å². The molecule has 0 radical (unpaired) electrons. The van der Waals surface area contributed by atoms with Gasteiger partial charge in [-0.15, -0.1) is 0 Å². The third-order valence-electron chi connectivity index (χ3n) is 5.61. The second-order valence-corrected chi connectivity index (χ2v) is 7.27. The van der Waals surface area contributed by atoms with E-state index < -0.39 is 67.5 Å². The maximum Gasteiger partial charge on any atom is 0.337 e. The molecule has 3 aliphatic rings. The van der Waals surface area contributed by atoms with Crippen LogP contribution in [0.5, 0.6) is 0 Å². The molecule has 2 heterocycles. The van der Waals surface area contributed by atoms with E-state index in [9.17, 15) is 30.3 Å². The fraction of sp³-hybridized carbons (Fsp3) is 0.737. The van der Waals surface area contributed by atoms with Gasteiger partial charge >= 0.3 is 5.97 Å². The van der Waals surface area contributed by atoms with Gasteiger partial charge in [-0.3, -0.25) is 0 Å². The molecule has 2 aliphatic heterocycles. The van der Waals surface area contributed by atoms with Crippen LogP contribution in [0.15, 0.2) is 23.5 Å². The van der Waals surface area contributed by atoms with Crippen molar-refractivity contribution in [3.8, 4) is 0 Å². The zero-order chi connectivity index (χ0) is 22.0. The summed E-state index contributed by atoms with van der Waals surface area (Å²) >= 11 is 0. The molecule has 0 amide bonds. The van der Waals surface area contributed by atoms with Crippen LogP contribution in [0.4, 0.5) is 0 Å². The van der Waals surface area contributed by atoms with E-state index in [0.717, 1.165) is 0 Å². The molecule has 9 atom stereocenters. The highest BCUT2D eigenvalue weighted by Crippen LogP contribution is 2.45. The van der Waals surface area contributed by atoms with Crippen LogP contribution in [0.1, 0.15) is 6.92 Å². The average Bonchev–Trinajstić information content (AvgIpc) is 3.13. The lowest BCUT2D eigenvalue weighted by molar-refractivity contribution is -0.340. The van der Waals surface area contributed by atoms with Gasteiger partial charge in [0.15, 0.2) is 6.29 Å². The number of aliphatic hydroxyl groups excluding tert-OH is 5. The fourth-order valence-corrected chi connectivity index (χ4v) is 4.11. The van der Waals surface area contributed by atoms with Gasteiger partial charge in [0.25, 0.3) is 0 Å². The number of rotatable bonds is 7. The van der Waals surface area contributed by atoms with Crippen molar-refractivity contribution in [2.75, 3.05) is 26.9 Å². The summed E-state index contributed by atoms with van der Waals surface area (Å²) in [6.07, 6.45) is -6.15. The van der Waals surface area contributed by atoms with E-state index in [1.807, 2.05) is 0 Å². The number of ether oxygens (including phenoxy) is 5. The van der Waals surface area contributed by atoms with Crippen molar-refractivity contribution in [2.24, 2.45) is 11.8 Å². The van der Waals surface area contributed by atoms with Crippen LogP contribution in [0, 0.1) is 11.8 Å². The van der Waals surface area contributed by atoms with Crippen LogP contribution in [0.3, 0.4) is 0 Å². The molecule has 1 aliphatic carbocycles. The zero-order valence-electron chi connectivity index (χ0n) is 16.7. The summed E-state index contributed by atoms with van der Waals surface area (Å²) in [5, 5.41) is 49.4. The van der Waals surface area contributed by atoms with Gasteiger partial charge in [0.1, 0.15) is 24.4 Å². The van der Waals surface area contributed by atoms with Gasteiger partial charge in [-0.25, -0.2) is 4.79 Å². The molecule has 30 heavy (non-hydrogen) atoms. The SMILES string of the molecule is CCO[C@@H]1C=C(CO)[C@@H]2[C@@H](O[C@H]3O[C@@H](CO)[C@H](O)[C@@H](O)[C@@H]3O)OC=C(C(=O)OC)[C@@H]21. The Bertz CT molecular complexity index is 675. The lowest BCUT2D eigenvalue weighted by Crippen LogP contribution is -2.60. The maximum absolute atomic E-state index is 12.3. The number of fused-ring (bicyclic) bond motifs is 1. The van der Waals surface area contributed by atoms with Crippen LogP contribution in [-0.2, 0) is 28.5 Å². The predicted molar refractivity (Wildman–Crippen MR) is 97.4 cm³/mol. The van der Waals surface area contributed by atoms with Crippen molar-refractivity contribution >= 4 is 5.97 Å². The molecule has 11 heteroatoms. The summed E-state index contributed by atoms with van der Waals surface area (Å²) in [6, 6.07) is 0. The van der Waals surface area contributed by atoms with Crippen LogP contribution in [0.25, 0.3) is 0 Å². The van der Waals surface area contributed by atoms with Crippen molar-refractivity contribution in [2.45, 2.75) is 50.0 Å². The monoisotopic (exact) mass is 432 g/mol. The van der Waals surface area contributed by atoms with Crippen LogP contribution >= 0.6 is 0 Å². The van der Waals surface area contributed by atoms with Gasteiger partial charge in [-0.2, -0.15) is 0 Å². The second kappa shape index (κ2) is 9.71. The van der Waals surface area contributed by atoms with Gasteiger partial charge in [-0.05, 0) is 12.5 Å². The summed E-state index contributed by atoms with van der Waals surface area (Å²) in [6.45, 7) is 1.19. The lowest BCUT2D eigenvalue weighted by Gasteiger charge is -2.43. The van der Waals surface area contributed by atoms with Crippen molar-refractivity contribution in [1.29, 1.82) is 0 Å². The highest BCUT2D eigenvalue weighted by molar-refractivity contribution is 5.89. The third-order valence-corrected chi connectivity index (χ3v) is 5.61. The number of carbonyl (C=O) groups is 1. The summed E-state index contributed by atoms with van der Waals surface area (Å²) in [4.78, 5) is 12.3. The second-order valence-electron chi connectivity index (χ2n) is 7.27. The Morgan fingerprint density at radius 2 is 1.83 bits per heavy atom. The normalized spacial score (nSPS) is 40.8. The van der Waals surface area contributed by atoms with Gasteiger partial charge in [-0.1, -0.05) is 6.08 Å². The molecule has 0 spiro atoms. The predicted octanol–water partition coefficient (Wildman–Crippen LogP) is -2.21. The Kier molecular flexibility index (Phi) is 7.47. The number of hydrogen-bond donors (Lipinski definition) is 5. The molecule has 0 bridgehead atoms. The van der Waals surface area contributed by atoms with Crippen LogP contribution < -0.4 is 0 Å². The van der Waals surface area contributed by atoms with Crippen molar-refractivity contribution in [1.82, 2.24) is 0 Å². The number of esters is 1. The third kappa shape index (κ3) is 4.12. The van der Waals surface area contributed by atoms with Crippen molar-refractivity contribution in [3.05, 3.63) is 23.5 Å². The molecule has 0 aromatic carbocycles. The number of aliphatic hydroxyl groups is 5. The van der Waals surface area contributed by atoms with E-state index in [-0.39, 0.29) is 12.2 Å². The first-order valence-corrected chi connectivity index (χ1v) is 9.70. The van der Waals surface area contributed by atoms with E-state index in [2.05, 4.69) is 0 Å². The Labute approximate surface area is 173 Å². The van der Waals surface area contributed by atoms with Gasteiger partial charge < -0.3 is 49.2 Å². The molecule has 1 fully saturated rings. The van der Waals surface area contributed by atoms with Crippen molar-refractivity contribution < 1.29 is 54.0 Å². The smallest absolute Gasteiger partial charge is 0.337 e. The van der Waals surface area contributed by atoms with Crippen molar-refractivity contribution in [3.63, 3.8) is 0 Å². The number of carbonyl (C=O) groups excluding carboxylic acids is 1. The Morgan fingerprint density at radius 3 is 2.43 bits per heavy atom. The quantitative estimate of drug-likeness (QED) is 0.219. The summed E-state index contributed by atoms with van der Waals surface area (Å²) in [5.41, 5.74) is 0.705. The minimum Gasteiger partial charge on any atom is -0.471 e. The molecule has 0 aromatic heterocycles. The molecule has 170 valence electrons. The molecule has 3 rings (SSSR count). The highest BCUT2D eigenvalue weighted by Gasteiger charge is 2.52.